The summed E-state index contributed by atoms with van der Waals surface area (Å²) in [5.41, 5.74) is 0. The second kappa shape index (κ2) is 4.73. The van der Waals surface area contributed by atoms with Gasteiger partial charge in [0.1, 0.15) is 0 Å². The first-order valence-corrected chi connectivity index (χ1v) is 4.57. The van der Waals surface area contributed by atoms with Crippen LogP contribution in [0.25, 0.3) is 0 Å². The Morgan fingerprint density at radius 2 is 2.27 bits per heavy atom. The van der Waals surface area contributed by atoms with Gasteiger partial charge in [-0.3, -0.25) is 0 Å². The van der Waals surface area contributed by atoms with Crippen molar-refractivity contribution in [3.05, 3.63) is 0 Å². The van der Waals surface area contributed by atoms with Crippen LogP contribution in [0.4, 0.5) is 0 Å². The lowest BCUT2D eigenvalue weighted by molar-refractivity contribution is 0.0139. The standard InChI is InChI=1S/C9H18O2/c1-8-4-2-3-7-11-9(8)5-6-10/h8-10H,2-7H2,1H3/t8-,9-/m0/s1. The molecule has 0 unspecified atom stereocenters. The van der Waals surface area contributed by atoms with Gasteiger partial charge in [0.05, 0.1) is 6.10 Å². The molecular weight excluding hydrogens is 140 g/mol. The normalized spacial score (nSPS) is 33.3. The molecule has 0 amide bonds. The van der Waals surface area contributed by atoms with E-state index in [2.05, 4.69) is 6.92 Å². The summed E-state index contributed by atoms with van der Waals surface area (Å²) in [6.07, 6.45) is 4.84. The molecule has 0 radical (unpaired) electrons. The summed E-state index contributed by atoms with van der Waals surface area (Å²) in [7, 11) is 0. The summed E-state index contributed by atoms with van der Waals surface area (Å²) in [5, 5.41) is 8.75. The van der Waals surface area contributed by atoms with Gasteiger partial charge in [0.15, 0.2) is 0 Å². The van der Waals surface area contributed by atoms with Crippen molar-refractivity contribution in [1.82, 2.24) is 0 Å². The molecule has 11 heavy (non-hydrogen) atoms. The predicted octanol–water partition coefficient (Wildman–Crippen LogP) is 1.57. The van der Waals surface area contributed by atoms with E-state index in [0.29, 0.717) is 12.0 Å². The van der Waals surface area contributed by atoms with Crippen LogP contribution in [0, 0.1) is 5.92 Å². The second-order valence-electron chi connectivity index (χ2n) is 3.39. The van der Waals surface area contributed by atoms with Crippen molar-refractivity contribution in [2.75, 3.05) is 13.2 Å². The van der Waals surface area contributed by atoms with Crippen molar-refractivity contribution < 1.29 is 9.84 Å². The molecule has 0 aliphatic carbocycles. The van der Waals surface area contributed by atoms with E-state index in [9.17, 15) is 0 Å². The molecule has 0 aromatic rings. The number of rotatable bonds is 2. The van der Waals surface area contributed by atoms with Gasteiger partial charge in [-0.2, -0.15) is 0 Å². The van der Waals surface area contributed by atoms with E-state index in [4.69, 9.17) is 9.84 Å². The Labute approximate surface area is 68.6 Å². The predicted molar refractivity (Wildman–Crippen MR) is 44.5 cm³/mol. The Morgan fingerprint density at radius 3 is 3.00 bits per heavy atom. The van der Waals surface area contributed by atoms with Gasteiger partial charge in [0.2, 0.25) is 0 Å². The van der Waals surface area contributed by atoms with E-state index in [1.807, 2.05) is 0 Å². The molecule has 0 bridgehead atoms. The van der Waals surface area contributed by atoms with Gasteiger partial charge in [0.25, 0.3) is 0 Å². The van der Waals surface area contributed by atoms with Crippen LogP contribution in [0.1, 0.15) is 32.6 Å². The molecule has 1 aliphatic heterocycles. The first kappa shape index (κ1) is 9.01. The Kier molecular flexibility index (Phi) is 3.87. The molecule has 1 N–H and O–H groups in total. The van der Waals surface area contributed by atoms with Crippen molar-refractivity contribution in [2.45, 2.75) is 38.7 Å². The third-order valence-corrected chi connectivity index (χ3v) is 2.43. The van der Waals surface area contributed by atoms with E-state index >= 15 is 0 Å². The molecule has 2 atom stereocenters. The lowest BCUT2D eigenvalue weighted by Gasteiger charge is -2.19. The minimum Gasteiger partial charge on any atom is -0.396 e. The van der Waals surface area contributed by atoms with Crippen molar-refractivity contribution in [1.29, 1.82) is 0 Å². The van der Waals surface area contributed by atoms with Gasteiger partial charge in [-0.25, -0.2) is 0 Å². The van der Waals surface area contributed by atoms with Crippen LogP contribution < -0.4 is 0 Å². The zero-order valence-electron chi connectivity index (χ0n) is 7.25. The molecule has 1 aliphatic rings. The van der Waals surface area contributed by atoms with Gasteiger partial charge in [0, 0.05) is 13.2 Å². The highest BCUT2D eigenvalue weighted by Gasteiger charge is 2.19. The minimum absolute atomic E-state index is 0.259. The molecule has 66 valence electrons. The molecule has 0 aromatic carbocycles. The summed E-state index contributed by atoms with van der Waals surface area (Å²) in [4.78, 5) is 0. The van der Waals surface area contributed by atoms with Gasteiger partial charge < -0.3 is 9.84 Å². The highest BCUT2D eigenvalue weighted by Crippen LogP contribution is 2.21. The van der Waals surface area contributed by atoms with Gasteiger partial charge >= 0.3 is 0 Å². The second-order valence-corrected chi connectivity index (χ2v) is 3.39. The fraction of sp³-hybridized carbons (Fsp3) is 1.00. The first-order valence-electron chi connectivity index (χ1n) is 4.57. The Hall–Kier alpha value is -0.0800. The van der Waals surface area contributed by atoms with Crippen LogP contribution in [-0.4, -0.2) is 24.4 Å². The fourth-order valence-corrected chi connectivity index (χ4v) is 1.65. The zero-order chi connectivity index (χ0) is 8.10. The minimum atomic E-state index is 0.259. The highest BCUT2D eigenvalue weighted by atomic mass is 16.5. The SMILES string of the molecule is C[C@H]1CCCCO[C@H]1CCO. The number of ether oxygens (including phenoxy) is 1. The topological polar surface area (TPSA) is 29.5 Å². The average Bonchev–Trinajstić information content (AvgIpc) is 2.18. The molecular formula is C9H18O2. The van der Waals surface area contributed by atoms with E-state index < -0.39 is 0 Å². The highest BCUT2D eigenvalue weighted by molar-refractivity contribution is 4.69. The lowest BCUT2D eigenvalue weighted by Crippen LogP contribution is -2.21. The Balaban J connectivity index is 2.32. The van der Waals surface area contributed by atoms with Crippen LogP contribution in [0.5, 0.6) is 0 Å². The quantitative estimate of drug-likeness (QED) is 0.661. The number of hydrogen-bond acceptors (Lipinski definition) is 2. The smallest absolute Gasteiger partial charge is 0.0622 e. The maximum Gasteiger partial charge on any atom is 0.0622 e. The fourth-order valence-electron chi connectivity index (χ4n) is 1.65. The van der Waals surface area contributed by atoms with Crippen molar-refractivity contribution >= 4 is 0 Å². The number of aliphatic hydroxyl groups is 1. The summed E-state index contributed by atoms with van der Waals surface area (Å²) in [5.74, 6) is 0.629. The molecule has 1 heterocycles. The molecule has 2 nitrogen and oxygen atoms in total. The van der Waals surface area contributed by atoms with E-state index in [0.717, 1.165) is 13.0 Å². The Bertz CT molecular complexity index is 104. The lowest BCUT2D eigenvalue weighted by atomic mass is 9.97. The summed E-state index contributed by atoms with van der Waals surface area (Å²) in [6.45, 7) is 3.36. The van der Waals surface area contributed by atoms with Gasteiger partial charge in [-0.15, -0.1) is 0 Å². The van der Waals surface area contributed by atoms with E-state index in [1.165, 1.54) is 19.3 Å². The number of hydrogen-bond donors (Lipinski definition) is 1. The Morgan fingerprint density at radius 1 is 1.45 bits per heavy atom. The molecule has 1 rings (SSSR count). The molecule has 0 aromatic heterocycles. The van der Waals surface area contributed by atoms with Crippen LogP contribution in [0.3, 0.4) is 0 Å². The van der Waals surface area contributed by atoms with E-state index in [1.54, 1.807) is 0 Å². The van der Waals surface area contributed by atoms with Gasteiger partial charge in [-0.1, -0.05) is 13.3 Å². The first-order chi connectivity index (χ1) is 5.34. The average molecular weight is 158 g/mol. The maximum absolute atomic E-state index is 8.75. The number of aliphatic hydroxyl groups excluding tert-OH is 1. The summed E-state index contributed by atoms with van der Waals surface area (Å²) in [6, 6.07) is 0. The molecule has 1 fully saturated rings. The van der Waals surface area contributed by atoms with Gasteiger partial charge in [-0.05, 0) is 25.2 Å². The van der Waals surface area contributed by atoms with Crippen LogP contribution in [0.15, 0.2) is 0 Å². The monoisotopic (exact) mass is 158 g/mol. The van der Waals surface area contributed by atoms with E-state index in [-0.39, 0.29) is 6.61 Å². The largest absolute Gasteiger partial charge is 0.396 e. The summed E-state index contributed by atoms with van der Waals surface area (Å²) >= 11 is 0. The van der Waals surface area contributed by atoms with Crippen LogP contribution in [-0.2, 0) is 4.74 Å². The zero-order valence-corrected chi connectivity index (χ0v) is 7.25. The third kappa shape index (κ3) is 2.80. The van der Waals surface area contributed by atoms with Crippen LogP contribution in [0.2, 0.25) is 0 Å². The molecule has 2 heteroatoms. The van der Waals surface area contributed by atoms with Crippen LogP contribution >= 0.6 is 0 Å². The summed E-state index contributed by atoms with van der Waals surface area (Å²) < 4.78 is 5.60. The maximum atomic E-state index is 8.75. The molecule has 0 spiro atoms. The third-order valence-electron chi connectivity index (χ3n) is 2.43. The van der Waals surface area contributed by atoms with Crippen molar-refractivity contribution in [2.24, 2.45) is 5.92 Å². The molecule has 1 saturated heterocycles. The van der Waals surface area contributed by atoms with Crippen molar-refractivity contribution in [3.8, 4) is 0 Å². The van der Waals surface area contributed by atoms with Crippen molar-refractivity contribution in [3.63, 3.8) is 0 Å². The molecule has 0 saturated carbocycles.